The van der Waals surface area contributed by atoms with Crippen LogP contribution in [0.3, 0.4) is 0 Å². The quantitative estimate of drug-likeness (QED) is 0.645. The van der Waals surface area contributed by atoms with Crippen molar-refractivity contribution in [3.63, 3.8) is 0 Å². The molecule has 0 aliphatic carbocycles. The lowest BCUT2D eigenvalue weighted by Gasteiger charge is -2.24. The number of hydrogen-bond acceptors (Lipinski definition) is 4. The van der Waals surface area contributed by atoms with Crippen molar-refractivity contribution in [2.24, 2.45) is 5.92 Å². The molecule has 0 aliphatic heterocycles. The fraction of sp³-hybridized carbons (Fsp3) is 0.857. The van der Waals surface area contributed by atoms with E-state index in [-0.39, 0.29) is 24.3 Å². The summed E-state index contributed by atoms with van der Waals surface area (Å²) in [5.41, 5.74) is 0. The lowest BCUT2D eigenvalue weighted by atomic mass is 10.0. The molecule has 0 aromatic carbocycles. The number of carbonyl (C=O) groups excluding carboxylic acids is 2. The van der Waals surface area contributed by atoms with Crippen molar-refractivity contribution in [2.75, 3.05) is 26.7 Å². The smallest absolute Gasteiger partial charge is 0.323 e. The van der Waals surface area contributed by atoms with Crippen LogP contribution in [0.5, 0.6) is 0 Å². The number of esters is 1. The van der Waals surface area contributed by atoms with Gasteiger partial charge in [-0.25, -0.2) is 0 Å². The zero-order chi connectivity index (χ0) is 14.8. The van der Waals surface area contributed by atoms with E-state index in [2.05, 4.69) is 19.2 Å². The van der Waals surface area contributed by atoms with Gasteiger partial charge in [0.1, 0.15) is 6.04 Å². The summed E-state index contributed by atoms with van der Waals surface area (Å²) in [6, 6.07) is -0.431. The van der Waals surface area contributed by atoms with Gasteiger partial charge in [-0.2, -0.15) is 0 Å². The minimum Gasteiger partial charge on any atom is -0.468 e. The second-order valence-corrected chi connectivity index (χ2v) is 5.01. The van der Waals surface area contributed by atoms with Crippen LogP contribution < -0.4 is 5.32 Å². The van der Waals surface area contributed by atoms with Crippen LogP contribution in [0.25, 0.3) is 0 Å². The highest BCUT2D eigenvalue weighted by Gasteiger charge is 2.24. The molecule has 0 radical (unpaired) electrons. The fourth-order valence-corrected chi connectivity index (χ4v) is 1.93. The Morgan fingerprint density at radius 3 is 2.05 bits per heavy atom. The summed E-state index contributed by atoms with van der Waals surface area (Å²) in [6.45, 7) is 9.66. The highest BCUT2D eigenvalue weighted by atomic mass is 16.5. The van der Waals surface area contributed by atoms with Gasteiger partial charge in [-0.1, -0.05) is 27.7 Å². The maximum Gasteiger partial charge on any atom is 0.323 e. The monoisotopic (exact) mass is 272 g/mol. The molecule has 0 aromatic rings. The van der Waals surface area contributed by atoms with Crippen molar-refractivity contribution in [1.82, 2.24) is 10.2 Å². The zero-order valence-corrected chi connectivity index (χ0v) is 12.9. The SMILES string of the molecule is CCCN(CCC)C(=O)CNC(C(=O)OC)C(C)C. The molecule has 0 aromatic heterocycles. The molecule has 5 heteroatoms. The molecule has 0 heterocycles. The lowest BCUT2D eigenvalue weighted by molar-refractivity contribution is -0.144. The summed E-state index contributed by atoms with van der Waals surface area (Å²) in [7, 11) is 1.36. The van der Waals surface area contributed by atoms with Gasteiger partial charge in [0.05, 0.1) is 13.7 Å². The minimum absolute atomic E-state index is 0.0400. The summed E-state index contributed by atoms with van der Waals surface area (Å²) >= 11 is 0. The maximum atomic E-state index is 12.1. The third-order valence-electron chi connectivity index (χ3n) is 2.93. The van der Waals surface area contributed by atoms with Gasteiger partial charge in [-0.15, -0.1) is 0 Å². The first-order valence-corrected chi connectivity index (χ1v) is 7.06. The Bertz CT molecular complexity index is 274. The molecule has 1 unspecified atom stereocenters. The maximum absolute atomic E-state index is 12.1. The first-order valence-electron chi connectivity index (χ1n) is 7.06. The van der Waals surface area contributed by atoms with Crippen LogP contribution in [0.4, 0.5) is 0 Å². The zero-order valence-electron chi connectivity index (χ0n) is 12.9. The van der Waals surface area contributed by atoms with E-state index in [4.69, 9.17) is 4.74 Å². The molecule has 112 valence electrons. The number of nitrogens with one attached hydrogen (secondary N) is 1. The van der Waals surface area contributed by atoms with E-state index in [1.165, 1.54) is 7.11 Å². The van der Waals surface area contributed by atoms with Gasteiger partial charge in [-0.3, -0.25) is 14.9 Å². The molecule has 19 heavy (non-hydrogen) atoms. The van der Waals surface area contributed by atoms with Crippen LogP contribution in [0.1, 0.15) is 40.5 Å². The van der Waals surface area contributed by atoms with Crippen LogP contribution in [0.15, 0.2) is 0 Å². The molecule has 0 rings (SSSR count). The fourth-order valence-electron chi connectivity index (χ4n) is 1.93. The predicted molar refractivity (Wildman–Crippen MR) is 75.8 cm³/mol. The Morgan fingerprint density at radius 2 is 1.68 bits per heavy atom. The molecule has 1 atom stereocenters. The predicted octanol–water partition coefficient (Wildman–Crippen LogP) is 1.42. The van der Waals surface area contributed by atoms with Crippen molar-refractivity contribution in [3.05, 3.63) is 0 Å². The lowest BCUT2D eigenvalue weighted by Crippen LogP contribution is -2.47. The summed E-state index contributed by atoms with van der Waals surface area (Å²) in [6.07, 6.45) is 1.88. The van der Waals surface area contributed by atoms with Crippen molar-refractivity contribution in [2.45, 2.75) is 46.6 Å². The normalized spacial score (nSPS) is 12.3. The van der Waals surface area contributed by atoms with Gasteiger partial charge < -0.3 is 9.64 Å². The summed E-state index contributed by atoms with van der Waals surface area (Å²) in [5.74, 6) is -0.190. The first-order chi connectivity index (χ1) is 8.97. The van der Waals surface area contributed by atoms with E-state index < -0.39 is 6.04 Å². The van der Waals surface area contributed by atoms with Crippen molar-refractivity contribution in [1.29, 1.82) is 0 Å². The molecular formula is C14H28N2O3. The van der Waals surface area contributed by atoms with E-state index in [9.17, 15) is 9.59 Å². The first kappa shape index (κ1) is 17.9. The molecule has 0 aliphatic rings. The molecule has 1 N–H and O–H groups in total. The van der Waals surface area contributed by atoms with Gasteiger partial charge in [0, 0.05) is 13.1 Å². The van der Waals surface area contributed by atoms with Crippen LogP contribution in [-0.4, -0.2) is 49.6 Å². The number of amides is 1. The largest absolute Gasteiger partial charge is 0.468 e. The number of nitrogens with zero attached hydrogens (tertiary/aromatic N) is 1. The third-order valence-corrected chi connectivity index (χ3v) is 2.93. The summed E-state index contributed by atoms with van der Waals surface area (Å²) < 4.78 is 4.74. The van der Waals surface area contributed by atoms with Gasteiger partial charge >= 0.3 is 5.97 Å². The molecule has 0 saturated carbocycles. The van der Waals surface area contributed by atoms with E-state index in [0.717, 1.165) is 25.9 Å². The topological polar surface area (TPSA) is 58.6 Å². The van der Waals surface area contributed by atoms with Gasteiger partial charge in [0.2, 0.25) is 5.91 Å². The summed E-state index contributed by atoms with van der Waals surface area (Å²) in [4.78, 5) is 25.5. The molecule has 0 saturated heterocycles. The molecule has 0 bridgehead atoms. The molecule has 5 nitrogen and oxygen atoms in total. The number of carbonyl (C=O) groups is 2. The van der Waals surface area contributed by atoms with Crippen LogP contribution in [0, 0.1) is 5.92 Å². The highest BCUT2D eigenvalue weighted by molar-refractivity contribution is 5.80. The Hall–Kier alpha value is -1.10. The molecule has 0 spiro atoms. The van der Waals surface area contributed by atoms with Crippen LogP contribution >= 0.6 is 0 Å². The average Bonchev–Trinajstić information content (AvgIpc) is 2.37. The Morgan fingerprint density at radius 1 is 1.16 bits per heavy atom. The van der Waals surface area contributed by atoms with Gasteiger partial charge in [-0.05, 0) is 18.8 Å². The number of ether oxygens (including phenoxy) is 1. The van der Waals surface area contributed by atoms with Crippen LogP contribution in [-0.2, 0) is 14.3 Å². The van der Waals surface area contributed by atoms with E-state index in [0.29, 0.717) is 0 Å². The number of methoxy groups -OCH3 is 1. The Balaban J connectivity index is 4.40. The van der Waals surface area contributed by atoms with E-state index in [1.54, 1.807) is 0 Å². The van der Waals surface area contributed by atoms with Crippen LogP contribution in [0.2, 0.25) is 0 Å². The minimum atomic E-state index is -0.431. The average molecular weight is 272 g/mol. The van der Waals surface area contributed by atoms with Gasteiger partial charge in [0.15, 0.2) is 0 Å². The van der Waals surface area contributed by atoms with E-state index >= 15 is 0 Å². The third kappa shape index (κ3) is 6.57. The highest BCUT2D eigenvalue weighted by Crippen LogP contribution is 2.04. The van der Waals surface area contributed by atoms with Crippen molar-refractivity contribution >= 4 is 11.9 Å². The molecular weight excluding hydrogens is 244 g/mol. The van der Waals surface area contributed by atoms with Gasteiger partial charge in [0.25, 0.3) is 0 Å². The Kier molecular flexibility index (Phi) is 9.21. The van der Waals surface area contributed by atoms with Crippen molar-refractivity contribution in [3.8, 4) is 0 Å². The number of hydrogen-bond donors (Lipinski definition) is 1. The number of rotatable bonds is 9. The second-order valence-electron chi connectivity index (χ2n) is 5.01. The molecule has 1 amide bonds. The van der Waals surface area contributed by atoms with Crippen molar-refractivity contribution < 1.29 is 14.3 Å². The Labute approximate surface area is 116 Å². The summed E-state index contributed by atoms with van der Waals surface area (Å²) in [5, 5.41) is 3.00. The molecule has 0 fully saturated rings. The van der Waals surface area contributed by atoms with E-state index in [1.807, 2.05) is 18.7 Å². The second kappa shape index (κ2) is 9.78. The standard InChI is InChI=1S/C14H28N2O3/c1-6-8-16(9-7-2)12(17)10-15-13(11(3)4)14(18)19-5/h11,13,15H,6-10H2,1-5H3.